The molecule has 74 heavy (non-hydrogen) atoms. The topological polar surface area (TPSA) is 324 Å². The summed E-state index contributed by atoms with van der Waals surface area (Å²) >= 11 is 6.41. The van der Waals surface area contributed by atoms with Gasteiger partial charge in [0.25, 0.3) is 23.6 Å². The Labute approximate surface area is 429 Å². The molecule has 11 N–H and O–H groups in total. The van der Waals surface area contributed by atoms with E-state index in [2.05, 4.69) is 36.9 Å². The number of rotatable bonds is 23. The Balaban J connectivity index is 0.948. The van der Waals surface area contributed by atoms with Crippen molar-refractivity contribution in [3.8, 4) is 5.75 Å². The summed E-state index contributed by atoms with van der Waals surface area (Å²) in [5, 5.41) is 18.5. The van der Waals surface area contributed by atoms with Crippen molar-refractivity contribution in [2.24, 2.45) is 11.7 Å². The van der Waals surface area contributed by atoms with Gasteiger partial charge >= 0.3 is 13.9 Å². The lowest BCUT2D eigenvalue weighted by atomic mass is 9.95. The lowest BCUT2D eigenvalue weighted by Gasteiger charge is -2.25. The first kappa shape index (κ1) is 54.2. The number of aromatic amines is 1. The molecule has 3 atom stereocenters. The van der Waals surface area contributed by atoms with E-state index in [1.54, 1.807) is 48.5 Å². The monoisotopic (exact) mass is 1050 g/mol. The maximum absolute atomic E-state index is 14.2. The third-order valence-corrected chi connectivity index (χ3v) is 13.2. The Kier molecular flexibility index (Phi) is 17.5. The van der Waals surface area contributed by atoms with Gasteiger partial charge in [-0.2, -0.15) is 0 Å². The fraction of sp³-hybridized carbons (Fsp3) is 0.320. The van der Waals surface area contributed by atoms with Crippen LogP contribution in [0.1, 0.15) is 71.9 Å². The van der Waals surface area contributed by atoms with Crippen molar-refractivity contribution in [1.82, 2.24) is 31.2 Å². The summed E-state index contributed by atoms with van der Waals surface area (Å²) in [4.78, 5) is 127. The molecule has 2 aliphatic heterocycles. The van der Waals surface area contributed by atoms with Crippen molar-refractivity contribution in [3.63, 3.8) is 0 Å². The van der Waals surface area contributed by atoms with E-state index in [0.717, 1.165) is 10.5 Å². The number of nitrogens with one attached hydrogen (secondary N) is 7. The lowest BCUT2D eigenvalue weighted by Crippen LogP contribution is -2.54. The number of H-pyrrole nitrogens is 1. The molecular formula is C50H56ClN10O12P. The number of halogens is 1. The van der Waals surface area contributed by atoms with Gasteiger partial charge in [0.05, 0.1) is 11.7 Å². The van der Waals surface area contributed by atoms with E-state index in [1.165, 1.54) is 47.4 Å². The van der Waals surface area contributed by atoms with Gasteiger partial charge in [0.15, 0.2) is 0 Å². The second-order valence-corrected chi connectivity index (χ2v) is 19.5. The van der Waals surface area contributed by atoms with Crippen molar-refractivity contribution < 1.29 is 57.2 Å². The molecule has 24 heteroatoms. The Bertz CT molecular complexity index is 3050. The largest absolute Gasteiger partial charge is 0.524 e. The molecule has 0 aliphatic carbocycles. The SMILES string of the molecule is CC(C)C(NCCNC(=O)CCCN1C(=O)C=CC1=O)C(=O)N[C@@H](CCCNC(N)=O)C(=O)Nc1ccc(C(=O)Nc2ccc3[nH]c(C(=O)N4C[C@@H](CCl)c5c4cc(OP(=O)(O)O)c4ccccc54)cc3c2)cc1. The van der Waals surface area contributed by atoms with E-state index in [0.29, 0.717) is 38.7 Å². The van der Waals surface area contributed by atoms with Crippen LogP contribution in [0.4, 0.5) is 21.9 Å². The highest BCUT2D eigenvalue weighted by molar-refractivity contribution is 7.46. The van der Waals surface area contributed by atoms with Crippen molar-refractivity contribution in [2.75, 3.05) is 54.1 Å². The third kappa shape index (κ3) is 13.5. The predicted octanol–water partition coefficient (Wildman–Crippen LogP) is 4.34. The van der Waals surface area contributed by atoms with Crippen LogP contribution in [0.15, 0.2) is 91.0 Å². The summed E-state index contributed by atoms with van der Waals surface area (Å²) in [5.74, 6) is -3.48. The van der Waals surface area contributed by atoms with E-state index in [-0.39, 0.29) is 99.0 Å². The highest BCUT2D eigenvalue weighted by Crippen LogP contribution is 2.49. The minimum absolute atomic E-state index is 0.0824. The molecule has 4 aromatic carbocycles. The van der Waals surface area contributed by atoms with E-state index >= 15 is 0 Å². The molecule has 2 aliphatic rings. The number of benzene rings is 4. The number of nitrogens with two attached hydrogens (primary N) is 1. The van der Waals surface area contributed by atoms with Crippen LogP contribution in [0.5, 0.6) is 5.75 Å². The Hall–Kier alpha value is -7.62. The number of hydrogen-bond donors (Lipinski definition) is 10. The van der Waals surface area contributed by atoms with E-state index in [9.17, 15) is 52.7 Å². The van der Waals surface area contributed by atoms with Gasteiger partial charge in [0.1, 0.15) is 17.5 Å². The molecule has 0 radical (unpaired) electrons. The maximum Gasteiger partial charge on any atom is 0.524 e. The molecular weight excluding hydrogens is 999 g/mol. The van der Waals surface area contributed by atoms with Gasteiger partial charge in [-0.05, 0) is 84.7 Å². The number of phosphoric acid groups is 1. The van der Waals surface area contributed by atoms with Gasteiger partial charge in [0.2, 0.25) is 17.7 Å². The smallest absolute Gasteiger partial charge is 0.404 e. The number of carbonyl (C=O) groups excluding carboxylic acids is 8. The molecule has 0 fully saturated rings. The number of amides is 9. The molecule has 0 saturated carbocycles. The summed E-state index contributed by atoms with van der Waals surface area (Å²) < 4.78 is 17.0. The number of alkyl halides is 1. The fourth-order valence-corrected chi connectivity index (χ4v) is 9.45. The van der Waals surface area contributed by atoms with Gasteiger partial charge in [0, 0.05) is 102 Å². The fourth-order valence-electron chi connectivity index (χ4n) is 8.79. The minimum atomic E-state index is -4.96. The number of phosphoric ester groups is 1. The highest BCUT2D eigenvalue weighted by atomic mass is 35.5. The van der Waals surface area contributed by atoms with Crippen LogP contribution >= 0.6 is 19.4 Å². The van der Waals surface area contributed by atoms with Crippen molar-refractivity contribution in [2.45, 2.75) is 57.5 Å². The van der Waals surface area contributed by atoms with Crippen LogP contribution < -0.4 is 47.1 Å². The highest BCUT2D eigenvalue weighted by Gasteiger charge is 2.37. The number of aromatic nitrogens is 1. The zero-order valence-electron chi connectivity index (χ0n) is 40.3. The van der Waals surface area contributed by atoms with Gasteiger partial charge in [-0.3, -0.25) is 48.2 Å². The number of nitrogens with zero attached hydrogens (tertiary/aromatic N) is 2. The Morgan fingerprint density at radius 1 is 0.851 bits per heavy atom. The second kappa shape index (κ2) is 23.9. The normalized spacial score (nSPS) is 15.0. The maximum atomic E-state index is 14.2. The van der Waals surface area contributed by atoms with Crippen LogP contribution in [0.3, 0.4) is 0 Å². The zero-order chi connectivity index (χ0) is 53.3. The summed E-state index contributed by atoms with van der Waals surface area (Å²) in [5.41, 5.74) is 8.18. The van der Waals surface area contributed by atoms with E-state index < -0.39 is 61.4 Å². The van der Waals surface area contributed by atoms with E-state index in [1.807, 2.05) is 13.8 Å². The van der Waals surface area contributed by atoms with Gasteiger partial charge < -0.3 is 52.0 Å². The molecule has 5 aromatic rings. The molecule has 22 nitrogen and oxygen atoms in total. The van der Waals surface area contributed by atoms with Crippen LogP contribution in [-0.4, -0.2) is 118 Å². The molecule has 1 unspecified atom stereocenters. The Morgan fingerprint density at radius 2 is 1.55 bits per heavy atom. The van der Waals surface area contributed by atoms with Crippen molar-refractivity contribution >= 4 is 106 Å². The number of primary amides is 1. The molecule has 390 valence electrons. The Morgan fingerprint density at radius 3 is 2.23 bits per heavy atom. The average molecular weight is 1060 g/mol. The molecule has 0 bridgehead atoms. The summed E-state index contributed by atoms with van der Waals surface area (Å²) in [6, 6.07) is 18.6. The van der Waals surface area contributed by atoms with Crippen LogP contribution in [0, 0.1) is 5.92 Å². The van der Waals surface area contributed by atoms with Crippen LogP contribution in [-0.2, 0) is 28.5 Å². The second-order valence-electron chi connectivity index (χ2n) is 18.0. The number of fused-ring (bicyclic) bond motifs is 4. The number of urea groups is 1. The molecule has 1 aromatic heterocycles. The number of anilines is 3. The van der Waals surface area contributed by atoms with Crippen molar-refractivity contribution in [3.05, 3.63) is 108 Å². The third-order valence-electron chi connectivity index (χ3n) is 12.3. The van der Waals surface area contributed by atoms with E-state index in [4.69, 9.17) is 21.9 Å². The number of hydrogen-bond acceptors (Lipinski definition) is 11. The molecule has 3 heterocycles. The standard InChI is InChI=1S/C50H56ClN10O12P/c1-28(2)45(54-21-20-53-41(62)10-6-22-60-42(63)17-18-43(60)64)48(67)59-37(9-5-19-55-50(52)69)47(66)56-32-13-11-29(12-14-32)46(65)57-33-15-16-36-30(23-33)24-38(58-36)49(68)61-27-31(26-51)44-35-8-4-3-7-34(35)40(25-39(44)61)73-74(70,71)72/h3-4,7-8,11-18,23-25,28,31,37,45,54,58H,5-6,9-10,19-22,26-27H2,1-2H3,(H,53,62)(H,56,66)(H,57,65)(H,59,67)(H3,52,55,69)(H2,70,71,72)/t31-,37+,45?/m1/s1. The lowest BCUT2D eigenvalue weighted by molar-refractivity contribution is -0.137. The minimum Gasteiger partial charge on any atom is -0.404 e. The summed E-state index contributed by atoms with van der Waals surface area (Å²) in [7, 11) is -4.96. The molecule has 9 amide bonds. The van der Waals surface area contributed by atoms with Gasteiger partial charge in [-0.25, -0.2) is 9.36 Å². The summed E-state index contributed by atoms with van der Waals surface area (Å²) in [6.07, 6.45) is 3.15. The first-order valence-corrected chi connectivity index (χ1v) is 25.8. The predicted molar refractivity (Wildman–Crippen MR) is 277 cm³/mol. The van der Waals surface area contributed by atoms with Crippen LogP contribution in [0.25, 0.3) is 21.7 Å². The molecule has 7 rings (SSSR count). The average Bonchev–Trinajstić information content (AvgIpc) is 4.05. The van der Waals surface area contributed by atoms with Gasteiger partial charge in [-0.1, -0.05) is 38.1 Å². The number of imide groups is 1. The zero-order valence-corrected chi connectivity index (χ0v) is 42.0. The van der Waals surface area contributed by atoms with Crippen molar-refractivity contribution in [1.29, 1.82) is 0 Å². The molecule has 0 spiro atoms. The summed E-state index contributed by atoms with van der Waals surface area (Å²) in [6.45, 7) is 4.49. The number of carbonyl (C=O) groups is 8. The first-order chi connectivity index (χ1) is 35.3. The molecule has 0 saturated heterocycles. The van der Waals surface area contributed by atoms with Gasteiger partial charge in [-0.15, -0.1) is 11.6 Å². The quantitative estimate of drug-likeness (QED) is 0.0189. The first-order valence-electron chi connectivity index (χ1n) is 23.7. The van der Waals surface area contributed by atoms with Crippen LogP contribution in [0.2, 0.25) is 0 Å².